The van der Waals surface area contributed by atoms with Gasteiger partial charge in [-0.3, -0.25) is 0 Å². The Morgan fingerprint density at radius 3 is 2.71 bits per heavy atom. The number of halogens is 1. The summed E-state index contributed by atoms with van der Waals surface area (Å²) in [6, 6.07) is 6.53. The second kappa shape index (κ2) is 4.81. The third-order valence-electron chi connectivity index (χ3n) is 2.44. The van der Waals surface area contributed by atoms with Crippen LogP contribution >= 0.6 is 11.3 Å². The van der Waals surface area contributed by atoms with Gasteiger partial charge in [-0.05, 0) is 19.1 Å². The quantitative estimate of drug-likeness (QED) is 0.911. The first-order chi connectivity index (χ1) is 8.09. The van der Waals surface area contributed by atoms with Gasteiger partial charge in [0, 0.05) is 12.4 Å². The lowest BCUT2D eigenvalue weighted by Gasteiger charge is -2.16. The molecule has 0 fully saturated rings. The highest BCUT2D eigenvalue weighted by Crippen LogP contribution is 2.30. The number of nitrogens with zero attached hydrogens (tertiary/aromatic N) is 2. The fourth-order valence-electron chi connectivity index (χ4n) is 1.45. The summed E-state index contributed by atoms with van der Waals surface area (Å²) in [5, 5.41) is 11.8. The number of thiazole rings is 1. The fourth-order valence-corrected chi connectivity index (χ4v) is 2.34. The second-order valence-corrected chi connectivity index (χ2v) is 4.58. The first-order valence-corrected chi connectivity index (χ1v) is 6.09. The normalized spacial score (nSPS) is 12.5. The molecule has 0 bridgehead atoms. The minimum atomic E-state index is -0.603. The molecule has 1 unspecified atom stereocenters. The van der Waals surface area contributed by atoms with Gasteiger partial charge in [-0.2, -0.15) is 0 Å². The zero-order valence-corrected chi connectivity index (χ0v) is 10.4. The Morgan fingerprint density at radius 2 is 2.12 bits per heavy atom. The van der Waals surface area contributed by atoms with E-state index in [1.165, 1.54) is 17.4 Å². The van der Waals surface area contributed by atoms with Crippen molar-refractivity contribution in [1.29, 1.82) is 0 Å². The van der Waals surface area contributed by atoms with Crippen molar-refractivity contribution in [3.05, 3.63) is 41.2 Å². The molecular weight excluding hydrogens is 239 g/mol. The molecular formula is C12H13FN2OS. The van der Waals surface area contributed by atoms with Crippen LogP contribution in [-0.2, 0) is 0 Å². The largest absolute Gasteiger partial charge is 0.387 e. The summed E-state index contributed by atoms with van der Waals surface area (Å²) >= 11 is 1.38. The lowest BCUT2D eigenvalue weighted by atomic mass is 10.3. The molecule has 1 aromatic heterocycles. The van der Waals surface area contributed by atoms with Gasteiger partial charge in [0.25, 0.3) is 0 Å². The molecule has 0 amide bonds. The number of hydrogen-bond donors (Lipinski definition) is 1. The van der Waals surface area contributed by atoms with E-state index in [1.54, 1.807) is 42.5 Å². The van der Waals surface area contributed by atoms with Crippen molar-refractivity contribution >= 4 is 22.2 Å². The predicted octanol–water partition coefficient (Wildman–Crippen LogP) is 3.10. The molecule has 5 heteroatoms. The highest BCUT2D eigenvalue weighted by Gasteiger charge is 2.13. The molecule has 0 spiro atoms. The zero-order valence-electron chi connectivity index (χ0n) is 9.59. The van der Waals surface area contributed by atoms with Crippen LogP contribution in [0.4, 0.5) is 15.2 Å². The van der Waals surface area contributed by atoms with E-state index in [9.17, 15) is 9.50 Å². The average molecular weight is 252 g/mol. The van der Waals surface area contributed by atoms with Gasteiger partial charge < -0.3 is 10.0 Å². The second-order valence-electron chi connectivity index (χ2n) is 3.74. The van der Waals surface area contributed by atoms with Gasteiger partial charge in [0.1, 0.15) is 5.82 Å². The zero-order chi connectivity index (χ0) is 12.4. The van der Waals surface area contributed by atoms with Crippen LogP contribution in [0.2, 0.25) is 0 Å². The van der Waals surface area contributed by atoms with Crippen molar-refractivity contribution in [2.24, 2.45) is 0 Å². The number of rotatable bonds is 3. The summed E-state index contributed by atoms with van der Waals surface area (Å²) in [4.78, 5) is 5.93. The van der Waals surface area contributed by atoms with E-state index in [2.05, 4.69) is 4.98 Å². The van der Waals surface area contributed by atoms with Crippen LogP contribution < -0.4 is 4.90 Å². The molecule has 2 aromatic rings. The number of aliphatic hydroxyl groups is 1. The summed E-state index contributed by atoms with van der Waals surface area (Å²) in [6.45, 7) is 1.65. The van der Waals surface area contributed by atoms with Gasteiger partial charge in [-0.1, -0.05) is 12.1 Å². The number of benzene rings is 1. The van der Waals surface area contributed by atoms with Crippen molar-refractivity contribution in [2.75, 3.05) is 11.9 Å². The molecule has 0 saturated heterocycles. The van der Waals surface area contributed by atoms with Crippen LogP contribution in [0.5, 0.6) is 0 Å². The molecule has 3 nitrogen and oxygen atoms in total. The Balaban J connectivity index is 2.31. The molecule has 1 N–H and O–H groups in total. The first kappa shape index (κ1) is 12.0. The van der Waals surface area contributed by atoms with Gasteiger partial charge in [0.15, 0.2) is 5.13 Å². The molecule has 0 aliphatic carbocycles. The summed E-state index contributed by atoms with van der Waals surface area (Å²) in [7, 11) is 1.75. The highest BCUT2D eigenvalue weighted by molar-refractivity contribution is 7.13. The van der Waals surface area contributed by atoms with E-state index in [0.29, 0.717) is 16.5 Å². The van der Waals surface area contributed by atoms with Crippen molar-refractivity contribution in [3.8, 4) is 0 Å². The molecule has 0 saturated carbocycles. The minimum absolute atomic E-state index is 0.288. The van der Waals surface area contributed by atoms with E-state index in [-0.39, 0.29) is 5.82 Å². The summed E-state index contributed by atoms with van der Waals surface area (Å²) in [5.74, 6) is -0.288. The fraction of sp³-hybridized carbons (Fsp3) is 0.250. The van der Waals surface area contributed by atoms with Crippen LogP contribution in [0.1, 0.15) is 18.7 Å². The minimum Gasteiger partial charge on any atom is -0.387 e. The Bertz CT molecular complexity index is 513. The number of anilines is 2. The van der Waals surface area contributed by atoms with Gasteiger partial charge in [0.05, 0.1) is 17.5 Å². The Hall–Kier alpha value is -1.46. The average Bonchev–Trinajstić information content (AvgIpc) is 2.78. The van der Waals surface area contributed by atoms with Gasteiger partial charge in [-0.25, -0.2) is 9.37 Å². The van der Waals surface area contributed by atoms with Crippen LogP contribution in [0.15, 0.2) is 29.6 Å². The van der Waals surface area contributed by atoms with Crippen LogP contribution in [-0.4, -0.2) is 17.1 Å². The van der Waals surface area contributed by atoms with E-state index in [0.717, 1.165) is 0 Å². The molecule has 90 valence electrons. The first-order valence-electron chi connectivity index (χ1n) is 5.21. The SMILES string of the molecule is CC(O)c1csc(N(C)c2ccccc2F)n1. The monoisotopic (exact) mass is 252 g/mol. The number of para-hydroxylation sites is 1. The van der Waals surface area contributed by atoms with Gasteiger partial charge in [-0.15, -0.1) is 11.3 Å². The molecule has 17 heavy (non-hydrogen) atoms. The Morgan fingerprint density at radius 1 is 1.41 bits per heavy atom. The maximum Gasteiger partial charge on any atom is 0.189 e. The third kappa shape index (κ3) is 2.45. The standard InChI is InChI=1S/C12H13FN2OS/c1-8(16)10-7-17-12(14-10)15(2)11-6-4-3-5-9(11)13/h3-8,16H,1-2H3. The molecule has 0 radical (unpaired) electrons. The predicted molar refractivity (Wildman–Crippen MR) is 67.2 cm³/mol. The molecule has 1 heterocycles. The van der Waals surface area contributed by atoms with E-state index in [1.807, 2.05) is 0 Å². The van der Waals surface area contributed by atoms with Crippen molar-refractivity contribution < 1.29 is 9.50 Å². The van der Waals surface area contributed by atoms with Gasteiger partial charge in [0.2, 0.25) is 0 Å². The van der Waals surface area contributed by atoms with Crippen molar-refractivity contribution in [1.82, 2.24) is 4.98 Å². The third-order valence-corrected chi connectivity index (χ3v) is 3.37. The lowest BCUT2D eigenvalue weighted by Crippen LogP contribution is -2.11. The summed E-state index contributed by atoms with van der Waals surface area (Å²) in [6.07, 6.45) is -0.603. The highest BCUT2D eigenvalue weighted by atomic mass is 32.1. The van der Waals surface area contributed by atoms with Gasteiger partial charge >= 0.3 is 0 Å². The Labute approximate surface area is 103 Å². The van der Waals surface area contributed by atoms with Crippen LogP contribution in [0, 0.1) is 5.82 Å². The van der Waals surface area contributed by atoms with E-state index in [4.69, 9.17) is 0 Å². The summed E-state index contributed by atoms with van der Waals surface area (Å²) in [5.41, 5.74) is 1.08. The molecule has 1 atom stereocenters. The number of hydrogen-bond acceptors (Lipinski definition) is 4. The molecule has 0 aliphatic heterocycles. The smallest absolute Gasteiger partial charge is 0.189 e. The molecule has 2 rings (SSSR count). The van der Waals surface area contributed by atoms with Crippen LogP contribution in [0.25, 0.3) is 0 Å². The number of aromatic nitrogens is 1. The van der Waals surface area contributed by atoms with E-state index >= 15 is 0 Å². The molecule has 1 aromatic carbocycles. The maximum atomic E-state index is 13.6. The van der Waals surface area contributed by atoms with Crippen molar-refractivity contribution in [3.63, 3.8) is 0 Å². The summed E-state index contributed by atoms with van der Waals surface area (Å²) < 4.78 is 13.6. The molecule has 0 aliphatic rings. The maximum absolute atomic E-state index is 13.6. The Kier molecular flexibility index (Phi) is 3.40. The van der Waals surface area contributed by atoms with Crippen molar-refractivity contribution in [2.45, 2.75) is 13.0 Å². The number of aliphatic hydroxyl groups excluding tert-OH is 1. The van der Waals surface area contributed by atoms with E-state index < -0.39 is 6.10 Å². The topological polar surface area (TPSA) is 36.4 Å². The lowest BCUT2D eigenvalue weighted by molar-refractivity contribution is 0.195. The van der Waals surface area contributed by atoms with Crippen LogP contribution in [0.3, 0.4) is 0 Å².